The molecule has 1 amide bonds. The van der Waals surface area contributed by atoms with Crippen LogP contribution < -0.4 is 19.7 Å². The van der Waals surface area contributed by atoms with Gasteiger partial charge in [0.25, 0.3) is 0 Å². The number of nitrogens with one attached hydrogen (secondary N) is 1. The van der Waals surface area contributed by atoms with Gasteiger partial charge >= 0.3 is 0 Å². The topological polar surface area (TPSA) is 50.8 Å². The van der Waals surface area contributed by atoms with Crippen LogP contribution in [0.5, 0.6) is 11.5 Å². The van der Waals surface area contributed by atoms with Crippen molar-refractivity contribution in [2.75, 3.05) is 24.8 Å². The summed E-state index contributed by atoms with van der Waals surface area (Å²) in [4.78, 5) is 14.0. The lowest BCUT2D eigenvalue weighted by molar-refractivity contribution is -0.117. The first kappa shape index (κ1) is 12.3. The summed E-state index contributed by atoms with van der Waals surface area (Å²) in [6, 6.07) is 4.08. The summed E-state index contributed by atoms with van der Waals surface area (Å²) in [5.74, 6) is 1.64. The Kier molecular flexibility index (Phi) is 3.06. The van der Waals surface area contributed by atoms with Crippen LogP contribution in [0.1, 0.15) is 18.9 Å². The van der Waals surface area contributed by atoms with Crippen LogP contribution in [-0.2, 0) is 4.79 Å². The maximum Gasteiger partial charge on any atom is 0.231 e. The van der Waals surface area contributed by atoms with Gasteiger partial charge in [-0.1, -0.05) is 6.92 Å². The van der Waals surface area contributed by atoms with E-state index in [0.29, 0.717) is 13.0 Å². The summed E-state index contributed by atoms with van der Waals surface area (Å²) in [5, 5.41) is 3.33. The predicted molar refractivity (Wildman–Crippen MR) is 71.7 cm³/mol. The molecular weight excluding hydrogens is 244 g/mol. The number of nitrogens with zero attached hydrogens (tertiary/aromatic N) is 1. The van der Waals surface area contributed by atoms with Gasteiger partial charge in [-0.05, 0) is 25.1 Å². The molecule has 2 heterocycles. The first-order valence-electron chi connectivity index (χ1n) is 6.63. The van der Waals surface area contributed by atoms with Crippen molar-refractivity contribution in [2.45, 2.75) is 26.3 Å². The number of benzene rings is 1. The van der Waals surface area contributed by atoms with E-state index in [1.165, 1.54) is 0 Å². The second-order valence-corrected chi connectivity index (χ2v) is 4.96. The molecule has 1 saturated heterocycles. The Balaban J connectivity index is 1.88. The summed E-state index contributed by atoms with van der Waals surface area (Å²) < 4.78 is 10.7. The third-order valence-electron chi connectivity index (χ3n) is 3.60. The van der Waals surface area contributed by atoms with E-state index in [9.17, 15) is 4.79 Å². The molecule has 2 aliphatic rings. The molecular formula is C14H18N2O3. The van der Waals surface area contributed by atoms with Gasteiger partial charge in [-0.2, -0.15) is 0 Å². The average Bonchev–Trinajstić information content (AvgIpc) is 2.95. The van der Waals surface area contributed by atoms with Crippen LogP contribution in [0.25, 0.3) is 0 Å². The molecule has 2 aliphatic heterocycles. The van der Waals surface area contributed by atoms with E-state index in [1.807, 2.05) is 24.0 Å². The molecule has 1 aromatic carbocycles. The molecule has 0 spiro atoms. The molecule has 1 aromatic rings. The quantitative estimate of drug-likeness (QED) is 0.895. The molecule has 5 nitrogen and oxygen atoms in total. The number of hydrogen-bond acceptors (Lipinski definition) is 4. The van der Waals surface area contributed by atoms with Gasteiger partial charge in [-0.15, -0.1) is 0 Å². The summed E-state index contributed by atoms with van der Waals surface area (Å²) in [6.45, 7) is 5.90. The van der Waals surface area contributed by atoms with Crippen molar-refractivity contribution in [3.8, 4) is 11.5 Å². The van der Waals surface area contributed by atoms with E-state index >= 15 is 0 Å². The molecule has 0 aliphatic carbocycles. The largest absolute Gasteiger partial charge is 0.454 e. The number of carbonyl (C=O) groups is 1. The molecule has 5 heteroatoms. The number of ether oxygens (including phenoxy) is 2. The van der Waals surface area contributed by atoms with Gasteiger partial charge in [0, 0.05) is 25.1 Å². The van der Waals surface area contributed by atoms with E-state index in [2.05, 4.69) is 12.2 Å². The number of hydrogen-bond donors (Lipinski definition) is 1. The SMILES string of the molecule is CCNC1CC(=O)N(c2cc3c(cc2C)OCO3)C1. The molecule has 19 heavy (non-hydrogen) atoms. The van der Waals surface area contributed by atoms with Crippen LogP contribution in [0.15, 0.2) is 12.1 Å². The molecule has 1 unspecified atom stereocenters. The number of carbonyl (C=O) groups excluding carboxylic acids is 1. The number of anilines is 1. The smallest absolute Gasteiger partial charge is 0.231 e. The average molecular weight is 262 g/mol. The highest BCUT2D eigenvalue weighted by Gasteiger charge is 2.31. The van der Waals surface area contributed by atoms with Crippen LogP contribution in [0.4, 0.5) is 5.69 Å². The van der Waals surface area contributed by atoms with E-state index in [4.69, 9.17) is 9.47 Å². The fourth-order valence-electron chi connectivity index (χ4n) is 2.69. The van der Waals surface area contributed by atoms with E-state index in [0.717, 1.165) is 29.3 Å². The summed E-state index contributed by atoms with van der Waals surface area (Å²) >= 11 is 0. The van der Waals surface area contributed by atoms with Crippen molar-refractivity contribution in [2.24, 2.45) is 0 Å². The normalized spacial score (nSPS) is 21.3. The zero-order valence-electron chi connectivity index (χ0n) is 11.2. The Morgan fingerprint density at radius 2 is 2.11 bits per heavy atom. The van der Waals surface area contributed by atoms with Crippen molar-refractivity contribution >= 4 is 11.6 Å². The number of amides is 1. The summed E-state index contributed by atoms with van der Waals surface area (Å²) in [5.41, 5.74) is 1.96. The van der Waals surface area contributed by atoms with Gasteiger partial charge in [0.2, 0.25) is 12.7 Å². The van der Waals surface area contributed by atoms with Gasteiger partial charge in [-0.3, -0.25) is 4.79 Å². The predicted octanol–water partition coefficient (Wildman–Crippen LogP) is 1.44. The summed E-state index contributed by atoms with van der Waals surface area (Å²) in [7, 11) is 0. The van der Waals surface area contributed by atoms with E-state index in [-0.39, 0.29) is 18.7 Å². The second-order valence-electron chi connectivity index (χ2n) is 4.96. The minimum atomic E-state index is 0.160. The van der Waals surface area contributed by atoms with Crippen molar-refractivity contribution in [3.63, 3.8) is 0 Å². The third kappa shape index (κ3) is 2.14. The lowest BCUT2D eigenvalue weighted by atomic mass is 10.1. The van der Waals surface area contributed by atoms with Gasteiger partial charge in [-0.25, -0.2) is 0 Å². The van der Waals surface area contributed by atoms with Gasteiger partial charge < -0.3 is 19.7 Å². The van der Waals surface area contributed by atoms with E-state index in [1.54, 1.807) is 0 Å². The van der Waals surface area contributed by atoms with E-state index < -0.39 is 0 Å². The molecule has 1 atom stereocenters. The zero-order valence-corrected chi connectivity index (χ0v) is 11.2. The Labute approximate surface area is 112 Å². The van der Waals surface area contributed by atoms with Crippen LogP contribution >= 0.6 is 0 Å². The van der Waals surface area contributed by atoms with Gasteiger partial charge in [0.05, 0.1) is 5.69 Å². The molecule has 0 radical (unpaired) electrons. The molecule has 1 N–H and O–H groups in total. The fourth-order valence-corrected chi connectivity index (χ4v) is 2.69. The lowest BCUT2D eigenvalue weighted by Crippen LogP contribution is -2.32. The Morgan fingerprint density at radius 3 is 2.84 bits per heavy atom. The Morgan fingerprint density at radius 1 is 1.37 bits per heavy atom. The molecule has 0 aromatic heterocycles. The van der Waals surface area contributed by atoms with Crippen LogP contribution in [0, 0.1) is 6.92 Å². The molecule has 1 fully saturated rings. The highest BCUT2D eigenvalue weighted by atomic mass is 16.7. The highest BCUT2D eigenvalue weighted by Crippen LogP contribution is 2.39. The van der Waals surface area contributed by atoms with Crippen LogP contribution in [-0.4, -0.2) is 31.8 Å². The molecule has 3 rings (SSSR count). The lowest BCUT2D eigenvalue weighted by Gasteiger charge is -2.19. The first-order valence-corrected chi connectivity index (χ1v) is 6.63. The number of fused-ring (bicyclic) bond motifs is 1. The van der Waals surface area contributed by atoms with Crippen molar-refractivity contribution in [3.05, 3.63) is 17.7 Å². The maximum atomic E-state index is 12.1. The standard InChI is InChI=1S/C14H18N2O3/c1-3-15-10-5-14(17)16(7-10)11-6-13-12(4-9(11)2)18-8-19-13/h4,6,10,15H,3,5,7-8H2,1-2H3. The number of aryl methyl sites for hydroxylation is 1. The third-order valence-corrected chi connectivity index (χ3v) is 3.60. The van der Waals surface area contributed by atoms with Crippen molar-refractivity contribution in [1.82, 2.24) is 5.32 Å². The molecule has 102 valence electrons. The first-order chi connectivity index (χ1) is 9.19. The highest BCUT2D eigenvalue weighted by molar-refractivity contribution is 5.97. The molecule has 0 bridgehead atoms. The van der Waals surface area contributed by atoms with Gasteiger partial charge in [0.15, 0.2) is 11.5 Å². The van der Waals surface area contributed by atoms with Crippen LogP contribution in [0.3, 0.4) is 0 Å². The monoisotopic (exact) mass is 262 g/mol. The Bertz CT molecular complexity index is 516. The second kappa shape index (κ2) is 4.74. The minimum absolute atomic E-state index is 0.160. The van der Waals surface area contributed by atoms with Gasteiger partial charge in [0.1, 0.15) is 0 Å². The zero-order chi connectivity index (χ0) is 13.4. The van der Waals surface area contributed by atoms with Crippen molar-refractivity contribution in [1.29, 1.82) is 0 Å². The number of likely N-dealkylation sites (N-methyl/N-ethyl adjacent to an activating group) is 1. The summed E-state index contributed by atoms with van der Waals surface area (Å²) in [6.07, 6.45) is 0.557. The fraction of sp³-hybridized carbons (Fsp3) is 0.500. The van der Waals surface area contributed by atoms with Crippen LogP contribution in [0.2, 0.25) is 0 Å². The maximum absolute atomic E-state index is 12.1. The number of rotatable bonds is 3. The molecule has 0 saturated carbocycles. The Hall–Kier alpha value is -1.75. The minimum Gasteiger partial charge on any atom is -0.454 e. The van der Waals surface area contributed by atoms with Crippen molar-refractivity contribution < 1.29 is 14.3 Å².